The van der Waals surface area contributed by atoms with Gasteiger partial charge in [-0.1, -0.05) is 30.3 Å². The van der Waals surface area contributed by atoms with Gasteiger partial charge < -0.3 is 20.0 Å². The highest BCUT2D eigenvalue weighted by Gasteiger charge is 2.23. The van der Waals surface area contributed by atoms with Crippen molar-refractivity contribution in [2.24, 2.45) is 0 Å². The highest BCUT2D eigenvalue weighted by atomic mass is 16.5. The van der Waals surface area contributed by atoms with Gasteiger partial charge in [-0.05, 0) is 23.8 Å². The van der Waals surface area contributed by atoms with E-state index in [4.69, 9.17) is 4.74 Å². The van der Waals surface area contributed by atoms with Crippen LogP contribution >= 0.6 is 0 Å². The third-order valence-electron chi connectivity index (χ3n) is 5.17. The van der Waals surface area contributed by atoms with Crippen molar-refractivity contribution in [2.75, 3.05) is 7.11 Å². The van der Waals surface area contributed by atoms with E-state index in [1.54, 1.807) is 24.3 Å². The van der Waals surface area contributed by atoms with Crippen molar-refractivity contribution in [3.63, 3.8) is 0 Å². The molecular formula is C23H22N4O4. The average Bonchev–Trinajstić information content (AvgIpc) is 3.19. The summed E-state index contributed by atoms with van der Waals surface area (Å²) in [6, 6.07) is 14.0. The van der Waals surface area contributed by atoms with E-state index in [1.165, 1.54) is 7.11 Å². The molecule has 0 fully saturated rings. The molecule has 2 aromatic carbocycles. The van der Waals surface area contributed by atoms with Gasteiger partial charge in [0.2, 0.25) is 5.91 Å². The fraction of sp³-hybridized carbons (Fsp3) is 0.217. The van der Waals surface area contributed by atoms with Crippen LogP contribution in [-0.2, 0) is 27.2 Å². The molecule has 1 amide bonds. The summed E-state index contributed by atoms with van der Waals surface area (Å²) in [6.45, 7) is 0. The fourth-order valence-electron chi connectivity index (χ4n) is 3.61. The Labute approximate surface area is 177 Å². The number of hydrogen-bond acceptors (Lipinski definition) is 5. The van der Waals surface area contributed by atoms with E-state index >= 15 is 0 Å². The van der Waals surface area contributed by atoms with Crippen molar-refractivity contribution >= 4 is 33.7 Å². The lowest BCUT2D eigenvalue weighted by molar-refractivity contribution is -0.145. The van der Waals surface area contributed by atoms with Gasteiger partial charge in [0.05, 0.1) is 18.0 Å². The average molecular weight is 418 g/mol. The zero-order valence-corrected chi connectivity index (χ0v) is 17.0. The molecule has 31 heavy (non-hydrogen) atoms. The predicted octanol–water partition coefficient (Wildman–Crippen LogP) is 2.24. The number of ether oxygens (including phenoxy) is 1. The number of carbonyl (C=O) groups excluding carboxylic acids is 2. The molecule has 8 heteroatoms. The highest BCUT2D eigenvalue weighted by Crippen LogP contribution is 2.19. The molecule has 0 aliphatic carbocycles. The van der Waals surface area contributed by atoms with Gasteiger partial charge in [0.1, 0.15) is 11.9 Å². The number of carbonyl (C=O) groups is 2. The molecule has 158 valence electrons. The number of rotatable bonds is 7. The number of methoxy groups -OCH3 is 1. The first-order chi connectivity index (χ1) is 15.0. The van der Waals surface area contributed by atoms with E-state index < -0.39 is 12.0 Å². The SMILES string of the molecule is COC(=O)[C@@H](Cc1c[nH]c2ccccc12)NC(=O)CCc1nc2ccccc2c(=O)[nH]1. The van der Waals surface area contributed by atoms with Crippen LogP contribution in [0.25, 0.3) is 21.8 Å². The first-order valence-corrected chi connectivity index (χ1v) is 9.95. The van der Waals surface area contributed by atoms with Gasteiger partial charge >= 0.3 is 5.97 Å². The topological polar surface area (TPSA) is 117 Å². The van der Waals surface area contributed by atoms with E-state index in [-0.39, 0.29) is 24.3 Å². The normalized spacial score (nSPS) is 12.0. The molecule has 0 aliphatic rings. The number of aromatic amines is 2. The van der Waals surface area contributed by atoms with E-state index in [2.05, 4.69) is 20.3 Å². The molecule has 1 atom stereocenters. The Bertz CT molecular complexity index is 1310. The van der Waals surface area contributed by atoms with Gasteiger partial charge in [-0.25, -0.2) is 9.78 Å². The number of H-pyrrole nitrogens is 2. The zero-order chi connectivity index (χ0) is 21.8. The van der Waals surface area contributed by atoms with Gasteiger partial charge in [-0.2, -0.15) is 0 Å². The molecule has 2 aromatic heterocycles. The quantitative estimate of drug-likeness (QED) is 0.398. The molecule has 0 bridgehead atoms. The van der Waals surface area contributed by atoms with Crippen LogP contribution in [0.1, 0.15) is 17.8 Å². The van der Waals surface area contributed by atoms with Crippen LogP contribution in [0.5, 0.6) is 0 Å². The van der Waals surface area contributed by atoms with Crippen LogP contribution in [0.2, 0.25) is 0 Å². The second-order valence-electron chi connectivity index (χ2n) is 7.24. The van der Waals surface area contributed by atoms with Crippen molar-refractivity contribution in [2.45, 2.75) is 25.3 Å². The van der Waals surface area contributed by atoms with Gasteiger partial charge in [0, 0.05) is 36.4 Å². The summed E-state index contributed by atoms with van der Waals surface area (Å²) >= 11 is 0. The largest absolute Gasteiger partial charge is 0.467 e. The Morgan fingerprint density at radius 3 is 2.65 bits per heavy atom. The number of fused-ring (bicyclic) bond motifs is 2. The number of nitrogens with zero attached hydrogens (tertiary/aromatic N) is 1. The molecular weight excluding hydrogens is 396 g/mol. The minimum absolute atomic E-state index is 0.0721. The fourth-order valence-corrected chi connectivity index (χ4v) is 3.61. The maximum absolute atomic E-state index is 12.5. The Hall–Kier alpha value is -3.94. The molecule has 4 rings (SSSR count). The molecule has 0 unspecified atom stereocenters. The summed E-state index contributed by atoms with van der Waals surface area (Å²) < 4.78 is 4.88. The summed E-state index contributed by atoms with van der Waals surface area (Å²) in [5.74, 6) is -0.424. The molecule has 4 aromatic rings. The first kappa shape index (κ1) is 20.3. The van der Waals surface area contributed by atoms with Gasteiger partial charge in [0.25, 0.3) is 5.56 Å². The lowest BCUT2D eigenvalue weighted by Crippen LogP contribution is -2.43. The first-order valence-electron chi connectivity index (χ1n) is 9.95. The highest BCUT2D eigenvalue weighted by molar-refractivity contribution is 5.87. The minimum Gasteiger partial charge on any atom is -0.467 e. The van der Waals surface area contributed by atoms with Gasteiger partial charge in [-0.15, -0.1) is 0 Å². The summed E-state index contributed by atoms with van der Waals surface area (Å²) in [7, 11) is 1.29. The monoisotopic (exact) mass is 418 g/mol. The third kappa shape index (κ3) is 4.48. The molecule has 3 N–H and O–H groups in total. The van der Waals surface area contributed by atoms with Crippen molar-refractivity contribution in [3.8, 4) is 0 Å². The lowest BCUT2D eigenvalue weighted by Gasteiger charge is -2.16. The molecule has 8 nitrogen and oxygen atoms in total. The summed E-state index contributed by atoms with van der Waals surface area (Å²) in [6.07, 6.45) is 2.44. The number of nitrogens with one attached hydrogen (secondary N) is 3. The number of aryl methyl sites for hydroxylation is 1. The van der Waals surface area contributed by atoms with Crippen LogP contribution in [0.3, 0.4) is 0 Å². The predicted molar refractivity (Wildman–Crippen MR) is 117 cm³/mol. The Balaban J connectivity index is 1.44. The standard InChI is InChI=1S/C23H22N4O4/c1-31-23(30)19(12-14-13-24-17-8-4-2-6-15(14)17)26-21(28)11-10-20-25-18-9-5-3-7-16(18)22(29)27-20/h2-9,13,19,24H,10-12H2,1H3,(H,26,28)(H,25,27,29)/t19-/m1/s1. The maximum atomic E-state index is 12.5. The summed E-state index contributed by atoms with van der Waals surface area (Å²) in [4.78, 5) is 47.3. The molecule has 0 radical (unpaired) electrons. The van der Waals surface area contributed by atoms with Crippen molar-refractivity contribution < 1.29 is 14.3 Å². The lowest BCUT2D eigenvalue weighted by atomic mass is 10.0. The third-order valence-corrected chi connectivity index (χ3v) is 5.17. The van der Waals surface area contributed by atoms with Crippen LogP contribution in [0.15, 0.2) is 59.5 Å². The van der Waals surface area contributed by atoms with E-state index in [9.17, 15) is 14.4 Å². The second kappa shape index (κ2) is 8.83. The van der Waals surface area contributed by atoms with Crippen LogP contribution in [-0.4, -0.2) is 40.0 Å². The maximum Gasteiger partial charge on any atom is 0.328 e. The van der Waals surface area contributed by atoms with Crippen LogP contribution < -0.4 is 10.9 Å². The number of benzene rings is 2. The van der Waals surface area contributed by atoms with Crippen LogP contribution in [0, 0.1) is 0 Å². The Morgan fingerprint density at radius 2 is 1.84 bits per heavy atom. The zero-order valence-electron chi connectivity index (χ0n) is 17.0. The number of esters is 1. The van der Waals surface area contributed by atoms with Crippen molar-refractivity contribution in [1.29, 1.82) is 0 Å². The molecule has 0 spiro atoms. The number of aromatic nitrogens is 3. The van der Waals surface area contributed by atoms with E-state index in [0.717, 1.165) is 16.5 Å². The van der Waals surface area contributed by atoms with E-state index in [0.29, 0.717) is 23.1 Å². The summed E-state index contributed by atoms with van der Waals surface area (Å²) in [5.41, 5.74) is 2.20. The van der Waals surface area contributed by atoms with E-state index in [1.807, 2.05) is 30.5 Å². The molecule has 0 saturated carbocycles. The number of amides is 1. The van der Waals surface area contributed by atoms with Gasteiger partial charge in [-0.3, -0.25) is 9.59 Å². The molecule has 0 saturated heterocycles. The number of para-hydroxylation sites is 2. The Kier molecular flexibility index (Phi) is 5.79. The molecule has 2 heterocycles. The second-order valence-corrected chi connectivity index (χ2v) is 7.24. The smallest absolute Gasteiger partial charge is 0.328 e. The van der Waals surface area contributed by atoms with Gasteiger partial charge in [0.15, 0.2) is 0 Å². The summed E-state index contributed by atoms with van der Waals surface area (Å²) in [5, 5.41) is 4.24. The minimum atomic E-state index is -0.819. The molecule has 0 aliphatic heterocycles. The van der Waals surface area contributed by atoms with Crippen LogP contribution in [0.4, 0.5) is 0 Å². The Morgan fingerprint density at radius 1 is 1.10 bits per heavy atom. The number of hydrogen-bond donors (Lipinski definition) is 3. The van der Waals surface area contributed by atoms with Crippen molar-refractivity contribution in [1.82, 2.24) is 20.3 Å². The van der Waals surface area contributed by atoms with Crippen molar-refractivity contribution in [3.05, 3.63) is 76.5 Å².